The summed E-state index contributed by atoms with van der Waals surface area (Å²) in [5.74, 6) is 0.754. The second-order valence-corrected chi connectivity index (χ2v) is 5.37. The summed E-state index contributed by atoms with van der Waals surface area (Å²) < 4.78 is 0. The maximum Gasteiger partial charge on any atom is 0.317 e. The average Bonchev–Trinajstić information content (AvgIpc) is 2.79. The number of rotatable bonds is 1. The van der Waals surface area contributed by atoms with E-state index in [4.69, 9.17) is 0 Å². The third-order valence-electron chi connectivity index (χ3n) is 3.97. The lowest BCUT2D eigenvalue weighted by atomic mass is 10.1. The van der Waals surface area contributed by atoms with E-state index in [1.54, 1.807) is 0 Å². The van der Waals surface area contributed by atoms with Crippen LogP contribution in [0.3, 0.4) is 0 Å². The Balaban J connectivity index is 1.91. The normalized spacial score (nSPS) is 21.4. The number of fused-ring (bicyclic) bond motifs is 1. The molecule has 3 rings (SSSR count). The summed E-state index contributed by atoms with van der Waals surface area (Å²) in [5.41, 5.74) is 2.51. The molecule has 6 nitrogen and oxygen atoms in total. The van der Waals surface area contributed by atoms with Gasteiger partial charge in [-0.2, -0.15) is 5.26 Å². The maximum atomic E-state index is 11.6. The number of nitrogens with one attached hydrogen (secondary N) is 1. The molecule has 2 saturated heterocycles. The highest BCUT2D eigenvalue weighted by molar-refractivity contribution is 5.77. The van der Waals surface area contributed by atoms with E-state index in [1.807, 2.05) is 24.8 Å². The number of nitriles is 1. The van der Waals surface area contributed by atoms with Crippen LogP contribution in [0.25, 0.3) is 0 Å². The molecule has 3 heterocycles. The predicted molar refractivity (Wildman–Crippen MR) is 74.5 cm³/mol. The lowest BCUT2D eigenvalue weighted by molar-refractivity contribution is 0.197. The van der Waals surface area contributed by atoms with E-state index < -0.39 is 0 Å². The Morgan fingerprint density at radius 3 is 3.00 bits per heavy atom. The first kappa shape index (κ1) is 12.7. The number of urea groups is 1. The fraction of sp³-hybridized carbons (Fsp3) is 0.500. The van der Waals surface area contributed by atoms with Crippen molar-refractivity contribution in [3.05, 3.63) is 22.9 Å². The summed E-state index contributed by atoms with van der Waals surface area (Å²) in [4.78, 5) is 20.1. The Morgan fingerprint density at radius 2 is 2.25 bits per heavy atom. The van der Waals surface area contributed by atoms with Gasteiger partial charge in [0, 0.05) is 31.9 Å². The Kier molecular flexibility index (Phi) is 2.97. The van der Waals surface area contributed by atoms with Gasteiger partial charge in [-0.05, 0) is 25.5 Å². The third kappa shape index (κ3) is 1.95. The minimum atomic E-state index is 0.0172. The number of nitrogens with zero attached hydrogens (tertiary/aromatic N) is 4. The molecule has 0 saturated carbocycles. The monoisotopic (exact) mass is 271 g/mol. The van der Waals surface area contributed by atoms with Crippen LogP contribution in [0.5, 0.6) is 0 Å². The van der Waals surface area contributed by atoms with Crippen molar-refractivity contribution in [1.82, 2.24) is 15.2 Å². The van der Waals surface area contributed by atoms with Crippen molar-refractivity contribution in [2.75, 3.05) is 31.1 Å². The van der Waals surface area contributed by atoms with Gasteiger partial charge in [-0.1, -0.05) is 0 Å². The van der Waals surface area contributed by atoms with E-state index in [2.05, 4.69) is 21.3 Å². The molecule has 2 fully saturated rings. The first-order chi connectivity index (χ1) is 9.60. The number of amides is 2. The van der Waals surface area contributed by atoms with Crippen molar-refractivity contribution in [3.8, 4) is 6.07 Å². The molecule has 0 radical (unpaired) electrons. The molecular weight excluding hydrogens is 254 g/mol. The summed E-state index contributed by atoms with van der Waals surface area (Å²) in [6.45, 7) is 6.66. The van der Waals surface area contributed by atoms with Gasteiger partial charge in [0.15, 0.2) is 0 Å². The van der Waals surface area contributed by atoms with Gasteiger partial charge in [0.05, 0.1) is 11.6 Å². The van der Waals surface area contributed by atoms with E-state index in [-0.39, 0.29) is 12.1 Å². The molecule has 20 heavy (non-hydrogen) atoms. The molecule has 104 valence electrons. The summed E-state index contributed by atoms with van der Waals surface area (Å²) in [6, 6.07) is 4.37. The summed E-state index contributed by atoms with van der Waals surface area (Å²) in [5, 5.41) is 12.2. The molecule has 2 aliphatic rings. The lowest BCUT2D eigenvalue weighted by Crippen LogP contribution is -2.52. The molecule has 2 aliphatic heterocycles. The average molecular weight is 271 g/mol. The summed E-state index contributed by atoms with van der Waals surface area (Å²) in [7, 11) is 0. The zero-order valence-corrected chi connectivity index (χ0v) is 11.7. The van der Waals surface area contributed by atoms with Crippen molar-refractivity contribution >= 4 is 11.8 Å². The first-order valence-corrected chi connectivity index (χ1v) is 6.78. The Morgan fingerprint density at radius 1 is 1.45 bits per heavy atom. The van der Waals surface area contributed by atoms with Crippen LogP contribution in [-0.2, 0) is 0 Å². The van der Waals surface area contributed by atoms with Gasteiger partial charge in [0.1, 0.15) is 11.9 Å². The number of aromatic nitrogens is 1. The standard InChI is InChI=1S/C14H17N5O/c1-9-5-10(2)17-13(12(9)6-15)18-3-4-19-11(8-18)7-16-14(19)20/h5,11H,3-4,7-8H2,1-2H3,(H,16,20). The van der Waals surface area contributed by atoms with Crippen molar-refractivity contribution in [2.45, 2.75) is 19.9 Å². The van der Waals surface area contributed by atoms with Crippen molar-refractivity contribution < 1.29 is 4.79 Å². The molecule has 1 N–H and O–H groups in total. The SMILES string of the molecule is Cc1cc(C)c(C#N)c(N2CCN3C(=O)NCC3C2)n1. The second kappa shape index (κ2) is 4.67. The van der Waals surface area contributed by atoms with Crippen LogP contribution in [0.15, 0.2) is 6.07 Å². The maximum absolute atomic E-state index is 11.6. The number of anilines is 1. The second-order valence-electron chi connectivity index (χ2n) is 5.37. The molecule has 2 amide bonds. The number of carbonyl (C=O) groups excluding carboxylic acids is 1. The van der Waals surface area contributed by atoms with Gasteiger partial charge in [-0.15, -0.1) is 0 Å². The summed E-state index contributed by atoms with van der Waals surface area (Å²) in [6.07, 6.45) is 0. The van der Waals surface area contributed by atoms with Crippen LogP contribution in [0.4, 0.5) is 10.6 Å². The molecular formula is C14H17N5O. The van der Waals surface area contributed by atoms with Crippen molar-refractivity contribution in [2.24, 2.45) is 0 Å². The highest BCUT2D eigenvalue weighted by atomic mass is 16.2. The van der Waals surface area contributed by atoms with Gasteiger partial charge in [-0.3, -0.25) is 0 Å². The first-order valence-electron chi connectivity index (χ1n) is 6.78. The van der Waals surface area contributed by atoms with Crippen LogP contribution in [0, 0.1) is 25.2 Å². The fourth-order valence-corrected chi connectivity index (χ4v) is 2.98. The Hall–Kier alpha value is -2.29. The van der Waals surface area contributed by atoms with Gasteiger partial charge >= 0.3 is 6.03 Å². The Bertz CT molecular complexity index is 606. The highest BCUT2D eigenvalue weighted by Gasteiger charge is 2.36. The van der Waals surface area contributed by atoms with Gasteiger partial charge in [0.2, 0.25) is 0 Å². The molecule has 1 unspecified atom stereocenters. The molecule has 0 bridgehead atoms. The molecule has 1 aromatic heterocycles. The van der Waals surface area contributed by atoms with Crippen LogP contribution in [0.2, 0.25) is 0 Å². The minimum absolute atomic E-state index is 0.0172. The number of carbonyl (C=O) groups is 1. The van der Waals surface area contributed by atoms with Crippen molar-refractivity contribution in [1.29, 1.82) is 5.26 Å². The van der Waals surface area contributed by atoms with Crippen molar-refractivity contribution in [3.63, 3.8) is 0 Å². The van der Waals surface area contributed by atoms with E-state index in [9.17, 15) is 10.1 Å². The number of piperazine rings is 1. The molecule has 0 aromatic carbocycles. The summed E-state index contributed by atoms with van der Waals surface area (Å²) >= 11 is 0. The highest BCUT2D eigenvalue weighted by Crippen LogP contribution is 2.25. The van der Waals surface area contributed by atoms with Crippen LogP contribution >= 0.6 is 0 Å². The van der Waals surface area contributed by atoms with E-state index in [1.165, 1.54) is 0 Å². The number of hydrogen-bond acceptors (Lipinski definition) is 4. The zero-order chi connectivity index (χ0) is 14.3. The van der Waals surface area contributed by atoms with Crippen LogP contribution in [0.1, 0.15) is 16.8 Å². The topological polar surface area (TPSA) is 72.3 Å². The Labute approximate surface area is 118 Å². The van der Waals surface area contributed by atoms with E-state index in [0.29, 0.717) is 25.2 Å². The predicted octanol–water partition coefficient (Wildman–Crippen LogP) is 0.784. The smallest absolute Gasteiger partial charge is 0.317 e. The molecule has 0 spiro atoms. The number of pyridine rings is 1. The third-order valence-corrected chi connectivity index (χ3v) is 3.97. The van der Waals surface area contributed by atoms with Gasteiger partial charge in [-0.25, -0.2) is 9.78 Å². The largest absolute Gasteiger partial charge is 0.352 e. The quantitative estimate of drug-likeness (QED) is 0.819. The molecule has 1 atom stereocenters. The van der Waals surface area contributed by atoms with Gasteiger partial charge < -0.3 is 15.1 Å². The van der Waals surface area contributed by atoms with E-state index in [0.717, 1.165) is 23.6 Å². The molecule has 0 aliphatic carbocycles. The van der Waals surface area contributed by atoms with Crippen LogP contribution < -0.4 is 10.2 Å². The van der Waals surface area contributed by atoms with E-state index >= 15 is 0 Å². The number of hydrogen-bond donors (Lipinski definition) is 1. The fourth-order valence-electron chi connectivity index (χ4n) is 2.98. The lowest BCUT2D eigenvalue weighted by Gasteiger charge is -2.37. The van der Waals surface area contributed by atoms with Crippen LogP contribution in [-0.4, -0.2) is 48.1 Å². The number of aryl methyl sites for hydroxylation is 2. The zero-order valence-electron chi connectivity index (χ0n) is 11.7. The molecule has 1 aromatic rings. The van der Waals surface area contributed by atoms with Gasteiger partial charge in [0.25, 0.3) is 0 Å². The molecule has 6 heteroatoms. The minimum Gasteiger partial charge on any atom is -0.352 e.